The summed E-state index contributed by atoms with van der Waals surface area (Å²) in [7, 11) is 0. The number of nitrogens with one attached hydrogen (secondary N) is 2. The lowest BCUT2D eigenvalue weighted by molar-refractivity contribution is 0.102. The molecule has 0 fully saturated rings. The van der Waals surface area contributed by atoms with E-state index in [4.69, 9.17) is 15.1 Å². The van der Waals surface area contributed by atoms with Crippen LogP contribution in [0.25, 0.3) is 38.7 Å². The maximum atomic E-state index is 12.7. The number of anilines is 3. The second-order valence-electron chi connectivity index (χ2n) is 9.81. The number of furan rings is 1. The number of aromatic nitrogens is 3. The van der Waals surface area contributed by atoms with Gasteiger partial charge in [-0.2, -0.15) is 5.10 Å². The highest BCUT2D eigenvalue weighted by Crippen LogP contribution is 2.36. The zero-order valence-electron chi connectivity index (χ0n) is 22.0. The summed E-state index contributed by atoms with van der Waals surface area (Å²) in [6, 6.07) is 33.1. The minimum Gasteiger partial charge on any atom is -0.455 e. The molecule has 0 unspecified atom stereocenters. The van der Waals surface area contributed by atoms with Crippen LogP contribution < -0.4 is 16.4 Å². The number of amides is 1. The van der Waals surface area contributed by atoms with E-state index in [-0.39, 0.29) is 5.91 Å². The molecular weight excluding hydrogens is 512 g/mol. The van der Waals surface area contributed by atoms with Gasteiger partial charge in [-0.3, -0.25) is 4.79 Å². The number of hydrogen-bond acceptors (Lipinski definition) is 6. The van der Waals surface area contributed by atoms with E-state index in [0.717, 1.165) is 56.4 Å². The Morgan fingerprint density at radius 1 is 0.854 bits per heavy atom. The van der Waals surface area contributed by atoms with Crippen LogP contribution in [0.15, 0.2) is 114 Å². The van der Waals surface area contributed by atoms with Crippen molar-refractivity contribution in [2.45, 2.75) is 6.42 Å². The van der Waals surface area contributed by atoms with Crippen molar-refractivity contribution in [3.8, 4) is 11.3 Å². The molecule has 0 saturated carbocycles. The quantitative estimate of drug-likeness (QED) is 0.206. The summed E-state index contributed by atoms with van der Waals surface area (Å²) < 4.78 is 8.02. The maximum Gasteiger partial charge on any atom is 0.255 e. The number of fused-ring (bicyclic) bond motifs is 4. The molecular formula is C33H26N6O2. The van der Waals surface area contributed by atoms with E-state index in [1.54, 1.807) is 10.7 Å². The molecule has 0 aliphatic carbocycles. The molecule has 0 atom stereocenters. The van der Waals surface area contributed by atoms with Crippen LogP contribution in [0.5, 0.6) is 0 Å². The van der Waals surface area contributed by atoms with Crippen molar-refractivity contribution in [1.29, 1.82) is 0 Å². The van der Waals surface area contributed by atoms with E-state index in [0.29, 0.717) is 23.7 Å². The van der Waals surface area contributed by atoms with E-state index in [1.807, 2.05) is 91.0 Å². The smallest absolute Gasteiger partial charge is 0.255 e. The number of para-hydroxylation sites is 2. The molecule has 0 aliphatic heterocycles. The van der Waals surface area contributed by atoms with Crippen molar-refractivity contribution >= 4 is 50.7 Å². The van der Waals surface area contributed by atoms with Crippen LogP contribution in [0.3, 0.4) is 0 Å². The zero-order valence-corrected chi connectivity index (χ0v) is 22.0. The minimum absolute atomic E-state index is 0.169. The molecule has 1 amide bonds. The average molecular weight is 539 g/mol. The summed E-state index contributed by atoms with van der Waals surface area (Å²) in [4.78, 5) is 17.7. The summed E-state index contributed by atoms with van der Waals surface area (Å²) in [6.07, 6.45) is 2.53. The highest BCUT2D eigenvalue weighted by atomic mass is 16.3. The lowest BCUT2D eigenvalue weighted by Gasteiger charge is -2.12. The maximum absolute atomic E-state index is 12.7. The first-order valence-electron chi connectivity index (χ1n) is 13.4. The molecule has 0 spiro atoms. The van der Waals surface area contributed by atoms with Gasteiger partial charge < -0.3 is 20.8 Å². The summed E-state index contributed by atoms with van der Waals surface area (Å²) in [5, 5.41) is 12.9. The highest BCUT2D eigenvalue weighted by molar-refractivity contribution is 6.09. The third-order valence-corrected chi connectivity index (χ3v) is 7.11. The lowest BCUT2D eigenvalue weighted by atomic mass is 10.1. The van der Waals surface area contributed by atoms with Gasteiger partial charge in [0.15, 0.2) is 0 Å². The van der Waals surface area contributed by atoms with Gasteiger partial charge in [-0.15, -0.1) is 0 Å². The second-order valence-corrected chi connectivity index (χ2v) is 9.81. The van der Waals surface area contributed by atoms with Crippen LogP contribution in [0, 0.1) is 0 Å². The SMILES string of the molecule is NCCc1ccc(C(=O)Nc2ccc(Nc3nc(-c4cccc5c4oc4ccccc45)cc4ccnn34)cc2)cc1. The molecule has 0 radical (unpaired) electrons. The third kappa shape index (κ3) is 4.66. The largest absolute Gasteiger partial charge is 0.455 e. The van der Waals surface area contributed by atoms with Gasteiger partial charge in [-0.1, -0.05) is 42.5 Å². The molecule has 4 aromatic carbocycles. The molecule has 0 saturated heterocycles. The Morgan fingerprint density at radius 2 is 1.63 bits per heavy atom. The molecule has 7 aromatic rings. The topological polar surface area (TPSA) is 110 Å². The van der Waals surface area contributed by atoms with Crippen molar-refractivity contribution in [2.24, 2.45) is 5.73 Å². The number of rotatable bonds is 7. The zero-order chi connectivity index (χ0) is 27.8. The predicted octanol–water partition coefficient (Wildman–Crippen LogP) is 6.79. The summed E-state index contributed by atoms with van der Waals surface area (Å²) in [5.74, 6) is 0.391. The van der Waals surface area contributed by atoms with Crippen molar-refractivity contribution in [3.05, 3.63) is 120 Å². The lowest BCUT2D eigenvalue weighted by Crippen LogP contribution is -2.12. The van der Waals surface area contributed by atoms with E-state index >= 15 is 0 Å². The van der Waals surface area contributed by atoms with Crippen molar-refractivity contribution in [1.82, 2.24) is 14.6 Å². The Labute approximate surface area is 235 Å². The van der Waals surface area contributed by atoms with E-state index in [9.17, 15) is 4.79 Å². The van der Waals surface area contributed by atoms with Gasteiger partial charge in [0.25, 0.3) is 5.91 Å². The minimum atomic E-state index is -0.169. The Kier molecular flexibility index (Phi) is 6.14. The Bertz CT molecular complexity index is 2020. The number of nitrogens with two attached hydrogens (primary N) is 1. The van der Waals surface area contributed by atoms with Crippen LogP contribution >= 0.6 is 0 Å². The molecule has 0 bridgehead atoms. The number of carbonyl (C=O) groups excluding carboxylic acids is 1. The molecule has 41 heavy (non-hydrogen) atoms. The fourth-order valence-electron chi connectivity index (χ4n) is 5.06. The molecule has 3 aromatic heterocycles. The standard InChI is InChI=1S/C33H26N6O2/c34-18-16-21-8-10-22(11-9-21)32(40)36-23-12-14-24(15-13-23)37-33-38-29(20-25-17-19-35-39(25)33)28-6-3-5-27-26-4-1-2-7-30(26)41-31(27)28/h1-15,17,19-20H,16,18,34H2,(H,36,40)(H,37,38). The molecule has 3 heterocycles. The number of hydrogen-bond donors (Lipinski definition) is 3. The first-order chi connectivity index (χ1) is 20.2. The summed E-state index contributed by atoms with van der Waals surface area (Å²) >= 11 is 0. The number of nitrogens with zero attached hydrogens (tertiary/aromatic N) is 3. The fraction of sp³-hybridized carbons (Fsp3) is 0.0606. The second kappa shape index (κ2) is 10.3. The van der Waals surface area contributed by atoms with E-state index in [1.165, 1.54) is 0 Å². The summed E-state index contributed by atoms with van der Waals surface area (Å²) in [5.41, 5.74) is 13.0. The van der Waals surface area contributed by atoms with Crippen molar-refractivity contribution in [3.63, 3.8) is 0 Å². The van der Waals surface area contributed by atoms with Crippen LogP contribution in [0.2, 0.25) is 0 Å². The molecule has 8 nitrogen and oxygen atoms in total. The Morgan fingerprint density at radius 3 is 2.46 bits per heavy atom. The predicted molar refractivity (Wildman–Crippen MR) is 163 cm³/mol. The van der Waals surface area contributed by atoms with Crippen LogP contribution in [-0.2, 0) is 6.42 Å². The van der Waals surface area contributed by atoms with Crippen molar-refractivity contribution < 1.29 is 9.21 Å². The molecule has 8 heteroatoms. The van der Waals surface area contributed by atoms with Gasteiger partial charge in [0.05, 0.1) is 17.4 Å². The molecule has 200 valence electrons. The van der Waals surface area contributed by atoms with Gasteiger partial charge >= 0.3 is 0 Å². The molecule has 7 rings (SSSR count). The van der Waals surface area contributed by atoms with E-state index < -0.39 is 0 Å². The molecule has 0 aliphatic rings. The average Bonchev–Trinajstić information content (AvgIpc) is 3.64. The first-order valence-corrected chi connectivity index (χ1v) is 13.4. The first kappa shape index (κ1) is 24.6. The fourth-order valence-corrected chi connectivity index (χ4v) is 5.06. The Balaban J connectivity index is 1.16. The van der Waals surface area contributed by atoms with Gasteiger partial charge in [-0.05, 0) is 79.2 Å². The highest BCUT2D eigenvalue weighted by Gasteiger charge is 2.15. The summed E-state index contributed by atoms with van der Waals surface area (Å²) in [6.45, 7) is 0.578. The van der Waals surface area contributed by atoms with Crippen LogP contribution in [-0.4, -0.2) is 27.0 Å². The van der Waals surface area contributed by atoms with E-state index in [2.05, 4.69) is 27.9 Å². The Hall–Kier alpha value is -5.47. The van der Waals surface area contributed by atoms with Crippen LogP contribution in [0.1, 0.15) is 15.9 Å². The van der Waals surface area contributed by atoms with Gasteiger partial charge in [0.2, 0.25) is 5.95 Å². The molecule has 4 N–H and O–H groups in total. The third-order valence-electron chi connectivity index (χ3n) is 7.11. The van der Waals surface area contributed by atoms with Crippen molar-refractivity contribution in [2.75, 3.05) is 17.2 Å². The monoisotopic (exact) mass is 538 g/mol. The number of carbonyl (C=O) groups is 1. The van der Waals surface area contributed by atoms with Crippen LogP contribution in [0.4, 0.5) is 17.3 Å². The number of benzene rings is 4. The van der Waals surface area contributed by atoms with Gasteiger partial charge in [-0.25, -0.2) is 9.50 Å². The normalized spacial score (nSPS) is 11.3. The van der Waals surface area contributed by atoms with Gasteiger partial charge in [0, 0.05) is 33.3 Å². The van der Waals surface area contributed by atoms with Gasteiger partial charge in [0.1, 0.15) is 11.2 Å².